The van der Waals surface area contributed by atoms with Gasteiger partial charge < -0.3 is 9.64 Å². The zero-order valence-electron chi connectivity index (χ0n) is 15.6. The average molecular weight is 341 g/mol. The van der Waals surface area contributed by atoms with Crippen LogP contribution in [0.15, 0.2) is 18.2 Å². The maximum Gasteiger partial charge on any atom is 0.226 e. The first-order valence-electron chi connectivity index (χ1n) is 8.94. The van der Waals surface area contributed by atoms with Gasteiger partial charge in [-0.15, -0.1) is 0 Å². The number of hydrogen-bond donors (Lipinski definition) is 1. The van der Waals surface area contributed by atoms with Crippen LogP contribution in [-0.2, 0) is 24.2 Å². The summed E-state index contributed by atoms with van der Waals surface area (Å²) in [7, 11) is 1.69. The SMILES string of the molecule is COc1ccc2c(c1)CCCN(C(=O)[C@@H](C)Cc1c(C)n[nH]c1C)C2. The molecule has 1 aromatic heterocycles. The van der Waals surface area contributed by atoms with Crippen molar-refractivity contribution in [2.75, 3.05) is 13.7 Å². The molecule has 2 aromatic rings. The molecule has 0 saturated carbocycles. The lowest BCUT2D eigenvalue weighted by Gasteiger charge is -2.25. The van der Waals surface area contributed by atoms with Crippen LogP contribution >= 0.6 is 0 Å². The van der Waals surface area contributed by atoms with Crippen molar-refractivity contribution in [3.8, 4) is 5.75 Å². The molecule has 0 aliphatic carbocycles. The minimum atomic E-state index is -0.0465. The number of ether oxygens (including phenoxy) is 1. The van der Waals surface area contributed by atoms with Crippen molar-refractivity contribution < 1.29 is 9.53 Å². The van der Waals surface area contributed by atoms with Gasteiger partial charge in [0.05, 0.1) is 12.8 Å². The minimum absolute atomic E-state index is 0.0465. The number of carbonyl (C=O) groups excluding carboxylic acids is 1. The summed E-state index contributed by atoms with van der Waals surface area (Å²) in [6.07, 6.45) is 2.71. The molecule has 0 saturated heterocycles. The summed E-state index contributed by atoms with van der Waals surface area (Å²) in [5.74, 6) is 1.07. The lowest BCUT2D eigenvalue weighted by Crippen LogP contribution is -2.35. The number of aromatic nitrogens is 2. The number of aryl methyl sites for hydroxylation is 3. The molecule has 134 valence electrons. The minimum Gasteiger partial charge on any atom is -0.497 e. The van der Waals surface area contributed by atoms with Gasteiger partial charge in [-0.05, 0) is 61.9 Å². The van der Waals surface area contributed by atoms with Crippen LogP contribution in [0.25, 0.3) is 0 Å². The lowest BCUT2D eigenvalue weighted by atomic mass is 9.98. The molecule has 1 atom stereocenters. The molecule has 0 bridgehead atoms. The van der Waals surface area contributed by atoms with Gasteiger partial charge in [0.2, 0.25) is 5.91 Å². The molecule has 1 amide bonds. The van der Waals surface area contributed by atoms with E-state index in [9.17, 15) is 4.79 Å². The standard InChI is InChI=1S/C20H27N3O2/c1-13(10-19-14(2)21-22-15(19)3)20(24)23-9-5-6-16-11-18(25-4)8-7-17(16)12-23/h7-8,11,13H,5-6,9-10,12H2,1-4H3,(H,21,22)/t13-/m0/s1. The van der Waals surface area contributed by atoms with E-state index in [1.54, 1.807) is 7.11 Å². The number of benzene rings is 1. The summed E-state index contributed by atoms with van der Waals surface area (Å²) in [4.78, 5) is 15.0. The molecule has 0 fully saturated rings. The fourth-order valence-corrected chi connectivity index (χ4v) is 3.63. The Labute approximate surface area is 149 Å². The van der Waals surface area contributed by atoms with Crippen molar-refractivity contribution in [2.45, 2.75) is 46.6 Å². The summed E-state index contributed by atoms with van der Waals surface area (Å²) < 4.78 is 5.33. The van der Waals surface area contributed by atoms with Crippen LogP contribution in [0.5, 0.6) is 5.75 Å². The summed E-state index contributed by atoms with van der Waals surface area (Å²) >= 11 is 0. The Morgan fingerprint density at radius 2 is 2.16 bits per heavy atom. The Morgan fingerprint density at radius 3 is 2.84 bits per heavy atom. The van der Waals surface area contributed by atoms with Crippen LogP contribution in [0.4, 0.5) is 0 Å². The van der Waals surface area contributed by atoms with Crippen molar-refractivity contribution in [3.05, 3.63) is 46.3 Å². The first-order valence-corrected chi connectivity index (χ1v) is 8.94. The van der Waals surface area contributed by atoms with E-state index in [2.05, 4.69) is 22.3 Å². The van der Waals surface area contributed by atoms with E-state index in [0.717, 1.165) is 42.9 Å². The molecule has 1 N–H and O–H groups in total. The molecule has 1 aliphatic rings. The molecule has 0 unspecified atom stereocenters. The van der Waals surface area contributed by atoms with Gasteiger partial charge in [0.1, 0.15) is 5.75 Å². The average Bonchev–Trinajstić information content (AvgIpc) is 2.82. The van der Waals surface area contributed by atoms with Gasteiger partial charge in [0.15, 0.2) is 0 Å². The molecular formula is C20H27N3O2. The van der Waals surface area contributed by atoms with Gasteiger partial charge in [-0.3, -0.25) is 9.89 Å². The second kappa shape index (κ2) is 7.30. The number of rotatable bonds is 4. The maximum absolute atomic E-state index is 13.0. The predicted octanol–water partition coefficient (Wildman–Crippen LogP) is 3.19. The second-order valence-electron chi connectivity index (χ2n) is 7.02. The Bertz CT molecular complexity index is 747. The monoisotopic (exact) mass is 341 g/mol. The normalized spacial score (nSPS) is 15.4. The zero-order valence-corrected chi connectivity index (χ0v) is 15.6. The molecule has 1 aliphatic heterocycles. The van der Waals surface area contributed by atoms with Gasteiger partial charge in [-0.2, -0.15) is 5.10 Å². The van der Waals surface area contributed by atoms with Gasteiger partial charge in [0.25, 0.3) is 0 Å². The fraction of sp³-hybridized carbons (Fsp3) is 0.500. The zero-order chi connectivity index (χ0) is 18.0. The molecule has 0 radical (unpaired) electrons. The number of amides is 1. The van der Waals surface area contributed by atoms with E-state index in [-0.39, 0.29) is 11.8 Å². The highest BCUT2D eigenvalue weighted by Crippen LogP contribution is 2.25. The fourth-order valence-electron chi connectivity index (χ4n) is 3.63. The lowest BCUT2D eigenvalue weighted by molar-refractivity contribution is -0.135. The molecule has 5 heteroatoms. The van der Waals surface area contributed by atoms with Gasteiger partial charge >= 0.3 is 0 Å². The van der Waals surface area contributed by atoms with Gasteiger partial charge in [0, 0.05) is 24.7 Å². The molecule has 3 rings (SSSR count). The number of methoxy groups -OCH3 is 1. The van der Waals surface area contributed by atoms with Crippen molar-refractivity contribution in [1.29, 1.82) is 0 Å². The first-order chi connectivity index (χ1) is 12.0. The number of carbonyl (C=O) groups is 1. The number of hydrogen-bond acceptors (Lipinski definition) is 3. The third kappa shape index (κ3) is 3.70. The topological polar surface area (TPSA) is 58.2 Å². The van der Waals surface area contributed by atoms with E-state index in [0.29, 0.717) is 6.54 Å². The Balaban J connectivity index is 1.73. The largest absolute Gasteiger partial charge is 0.497 e. The third-order valence-corrected chi connectivity index (χ3v) is 5.17. The van der Waals surface area contributed by atoms with Crippen LogP contribution in [0.2, 0.25) is 0 Å². The maximum atomic E-state index is 13.0. The molecule has 5 nitrogen and oxygen atoms in total. The van der Waals surface area contributed by atoms with E-state index in [4.69, 9.17) is 4.74 Å². The van der Waals surface area contributed by atoms with E-state index < -0.39 is 0 Å². The molecular weight excluding hydrogens is 314 g/mol. The van der Waals surface area contributed by atoms with E-state index >= 15 is 0 Å². The van der Waals surface area contributed by atoms with Crippen LogP contribution in [0.3, 0.4) is 0 Å². The number of nitrogens with zero attached hydrogens (tertiary/aromatic N) is 2. The molecule has 2 heterocycles. The smallest absolute Gasteiger partial charge is 0.226 e. The first kappa shape index (κ1) is 17.5. The molecule has 25 heavy (non-hydrogen) atoms. The molecule has 1 aromatic carbocycles. The van der Waals surface area contributed by atoms with Crippen molar-refractivity contribution in [3.63, 3.8) is 0 Å². The highest BCUT2D eigenvalue weighted by atomic mass is 16.5. The van der Waals surface area contributed by atoms with Crippen LogP contribution in [0, 0.1) is 19.8 Å². The third-order valence-electron chi connectivity index (χ3n) is 5.17. The van der Waals surface area contributed by atoms with Crippen LogP contribution < -0.4 is 4.74 Å². The van der Waals surface area contributed by atoms with Gasteiger partial charge in [-0.25, -0.2) is 0 Å². The quantitative estimate of drug-likeness (QED) is 0.929. The highest BCUT2D eigenvalue weighted by molar-refractivity contribution is 5.79. The molecule has 0 spiro atoms. The van der Waals surface area contributed by atoms with Gasteiger partial charge in [-0.1, -0.05) is 13.0 Å². The van der Waals surface area contributed by atoms with Crippen LogP contribution in [-0.4, -0.2) is 34.7 Å². The number of aromatic amines is 1. The number of H-pyrrole nitrogens is 1. The Kier molecular flexibility index (Phi) is 5.11. The number of nitrogens with one attached hydrogen (secondary N) is 1. The van der Waals surface area contributed by atoms with Crippen LogP contribution in [0.1, 0.15) is 41.4 Å². The number of fused-ring (bicyclic) bond motifs is 1. The highest BCUT2D eigenvalue weighted by Gasteiger charge is 2.25. The van der Waals surface area contributed by atoms with Crippen molar-refractivity contribution in [2.24, 2.45) is 5.92 Å². The summed E-state index contributed by atoms with van der Waals surface area (Å²) in [6, 6.07) is 6.17. The van der Waals surface area contributed by atoms with Crippen molar-refractivity contribution >= 4 is 5.91 Å². The predicted molar refractivity (Wildman–Crippen MR) is 97.7 cm³/mol. The Morgan fingerprint density at radius 1 is 1.36 bits per heavy atom. The summed E-state index contributed by atoms with van der Waals surface area (Å²) in [5.41, 5.74) is 5.75. The van der Waals surface area contributed by atoms with E-state index in [1.807, 2.05) is 31.7 Å². The summed E-state index contributed by atoms with van der Waals surface area (Å²) in [6.45, 7) is 7.52. The second-order valence-corrected chi connectivity index (χ2v) is 7.02. The Hall–Kier alpha value is -2.30. The summed E-state index contributed by atoms with van der Waals surface area (Å²) in [5, 5.41) is 7.25. The van der Waals surface area contributed by atoms with E-state index in [1.165, 1.54) is 16.7 Å². The van der Waals surface area contributed by atoms with Crippen molar-refractivity contribution in [1.82, 2.24) is 15.1 Å².